The molecule has 5 heteroatoms. The summed E-state index contributed by atoms with van der Waals surface area (Å²) < 4.78 is 10.5. The Morgan fingerprint density at radius 2 is 1.56 bits per heavy atom. The van der Waals surface area contributed by atoms with Crippen molar-refractivity contribution in [1.82, 2.24) is 9.97 Å². The maximum absolute atomic E-state index is 9.06. The van der Waals surface area contributed by atoms with Crippen molar-refractivity contribution >= 4 is 5.57 Å². The van der Waals surface area contributed by atoms with Crippen LogP contribution in [0.5, 0.6) is 11.5 Å². The van der Waals surface area contributed by atoms with E-state index >= 15 is 0 Å². The number of hydrogen-bond acceptors (Lipinski definition) is 4. The van der Waals surface area contributed by atoms with E-state index in [4.69, 9.17) is 19.7 Å². The number of hydrogen-bond donors (Lipinski definition) is 1. The van der Waals surface area contributed by atoms with Crippen LogP contribution in [0, 0.1) is 11.3 Å². The van der Waals surface area contributed by atoms with Crippen molar-refractivity contribution in [3.8, 4) is 40.1 Å². The van der Waals surface area contributed by atoms with Gasteiger partial charge in [0.15, 0.2) is 0 Å². The van der Waals surface area contributed by atoms with E-state index in [2.05, 4.69) is 11.1 Å². The minimum absolute atomic E-state index is 0.704. The van der Waals surface area contributed by atoms with Gasteiger partial charge in [-0.15, -0.1) is 0 Å². The molecule has 1 N–H and O–H groups in total. The van der Waals surface area contributed by atoms with Crippen molar-refractivity contribution in [1.29, 1.82) is 5.26 Å². The quantitative estimate of drug-likeness (QED) is 0.623. The minimum Gasteiger partial charge on any atom is -0.497 e. The highest BCUT2D eigenvalue weighted by Gasteiger charge is 2.16. The first-order valence-electron chi connectivity index (χ1n) is 8.68. The highest BCUT2D eigenvalue weighted by atomic mass is 16.5. The second-order valence-electron chi connectivity index (χ2n) is 5.92. The molecule has 0 saturated heterocycles. The SMILES string of the molecule is CC/C(=C\C#N)c1nc(-c2ccc(OC)cc2)c(-c2ccc(OC)cc2)[nH]1. The maximum Gasteiger partial charge on any atom is 0.135 e. The second kappa shape index (κ2) is 8.24. The fourth-order valence-electron chi connectivity index (χ4n) is 2.87. The number of nitrogens with zero attached hydrogens (tertiary/aromatic N) is 2. The topological polar surface area (TPSA) is 70.9 Å². The number of allylic oxidation sites excluding steroid dienone is 2. The molecule has 1 aromatic heterocycles. The van der Waals surface area contributed by atoms with Crippen molar-refractivity contribution in [3.05, 3.63) is 60.4 Å². The van der Waals surface area contributed by atoms with Crippen LogP contribution in [-0.2, 0) is 0 Å². The Labute approximate surface area is 158 Å². The Morgan fingerprint density at radius 3 is 2.04 bits per heavy atom. The van der Waals surface area contributed by atoms with Crippen LogP contribution < -0.4 is 9.47 Å². The van der Waals surface area contributed by atoms with E-state index < -0.39 is 0 Å². The third kappa shape index (κ3) is 3.85. The zero-order chi connectivity index (χ0) is 19.2. The Balaban J connectivity index is 2.14. The molecule has 136 valence electrons. The van der Waals surface area contributed by atoms with E-state index in [0.29, 0.717) is 12.2 Å². The molecule has 2 aromatic carbocycles. The fraction of sp³-hybridized carbons (Fsp3) is 0.182. The molecule has 0 fully saturated rings. The summed E-state index contributed by atoms with van der Waals surface area (Å²) in [6.45, 7) is 2.01. The number of ether oxygens (including phenoxy) is 2. The molecule has 0 atom stereocenters. The smallest absolute Gasteiger partial charge is 0.135 e. The average Bonchev–Trinajstić information content (AvgIpc) is 3.17. The van der Waals surface area contributed by atoms with Gasteiger partial charge >= 0.3 is 0 Å². The monoisotopic (exact) mass is 359 g/mol. The molecule has 0 radical (unpaired) electrons. The van der Waals surface area contributed by atoms with Crippen molar-refractivity contribution in [3.63, 3.8) is 0 Å². The van der Waals surface area contributed by atoms with Crippen LogP contribution >= 0.6 is 0 Å². The zero-order valence-electron chi connectivity index (χ0n) is 15.6. The van der Waals surface area contributed by atoms with Gasteiger partial charge in [0, 0.05) is 22.8 Å². The van der Waals surface area contributed by atoms with Crippen molar-refractivity contribution in [2.24, 2.45) is 0 Å². The van der Waals surface area contributed by atoms with Crippen LogP contribution in [0.1, 0.15) is 19.2 Å². The van der Waals surface area contributed by atoms with Gasteiger partial charge in [-0.05, 0) is 55.0 Å². The Hall–Kier alpha value is -3.52. The van der Waals surface area contributed by atoms with E-state index in [9.17, 15) is 0 Å². The van der Waals surface area contributed by atoms with E-state index in [1.54, 1.807) is 14.2 Å². The van der Waals surface area contributed by atoms with Crippen LogP contribution in [0.25, 0.3) is 28.1 Å². The van der Waals surface area contributed by atoms with Gasteiger partial charge < -0.3 is 14.5 Å². The Morgan fingerprint density at radius 1 is 1.00 bits per heavy atom. The molecule has 0 unspecified atom stereocenters. The number of rotatable bonds is 6. The van der Waals surface area contributed by atoms with E-state index in [1.807, 2.05) is 55.5 Å². The van der Waals surface area contributed by atoms with Gasteiger partial charge in [0.05, 0.1) is 31.7 Å². The lowest BCUT2D eigenvalue weighted by Gasteiger charge is -2.06. The molecule has 0 saturated carbocycles. The fourth-order valence-corrected chi connectivity index (χ4v) is 2.87. The number of methoxy groups -OCH3 is 2. The third-order valence-electron chi connectivity index (χ3n) is 4.37. The van der Waals surface area contributed by atoms with Crippen LogP contribution in [0.4, 0.5) is 0 Å². The molecule has 1 heterocycles. The first-order valence-corrected chi connectivity index (χ1v) is 8.68. The summed E-state index contributed by atoms with van der Waals surface area (Å²) in [6, 6.07) is 17.7. The van der Waals surface area contributed by atoms with Gasteiger partial charge in [0.25, 0.3) is 0 Å². The number of aromatic nitrogens is 2. The molecule has 3 aromatic rings. The van der Waals surface area contributed by atoms with Gasteiger partial charge in [-0.2, -0.15) is 5.26 Å². The van der Waals surface area contributed by atoms with E-state index in [0.717, 1.165) is 39.6 Å². The summed E-state index contributed by atoms with van der Waals surface area (Å²) in [5, 5.41) is 9.06. The first kappa shape index (κ1) is 18.3. The largest absolute Gasteiger partial charge is 0.497 e. The number of H-pyrrole nitrogens is 1. The molecule has 0 amide bonds. The molecule has 0 aliphatic carbocycles. The molecule has 27 heavy (non-hydrogen) atoms. The molecule has 0 bridgehead atoms. The van der Waals surface area contributed by atoms with Crippen molar-refractivity contribution in [2.45, 2.75) is 13.3 Å². The summed E-state index contributed by atoms with van der Waals surface area (Å²) in [5.41, 5.74) is 4.56. The number of nitriles is 1. The van der Waals surface area contributed by atoms with E-state index in [1.165, 1.54) is 6.08 Å². The molecule has 0 aliphatic heterocycles. The molecule has 3 rings (SSSR count). The number of imidazole rings is 1. The molecule has 0 spiro atoms. The predicted octanol–water partition coefficient (Wildman–Crippen LogP) is 5.08. The second-order valence-corrected chi connectivity index (χ2v) is 5.92. The summed E-state index contributed by atoms with van der Waals surface area (Å²) in [5.74, 6) is 2.29. The van der Waals surface area contributed by atoms with Gasteiger partial charge in [-0.1, -0.05) is 6.92 Å². The molecular formula is C22H21N3O2. The van der Waals surface area contributed by atoms with Crippen molar-refractivity contribution < 1.29 is 9.47 Å². The number of nitrogens with one attached hydrogen (secondary N) is 1. The lowest BCUT2D eigenvalue weighted by molar-refractivity contribution is 0.414. The van der Waals surface area contributed by atoms with E-state index in [-0.39, 0.29) is 0 Å². The first-order chi connectivity index (χ1) is 13.2. The molecule has 0 aliphatic rings. The normalized spacial score (nSPS) is 11.1. The standard InChI is InChI=1S/C22H21N3O2/c1-4-15(13-14-23)22-24-20(16-5-9-18(26-2)10-6-16)21(25-22)17-7-11-19(27-3)12-8-17/h5-13H,4H2,1-3H3,(H,24,25)/b15-13+. The van der Waals surface area contributed by atoms with Gasteiger partial charge in [0.2, 0.25) is 0 Å². The lowest BCUT2D eigenvalue weighted by Crippen LogP contribution is -1.87. The Bertz CT molecular complexity index is 913. The van der Waals surface area contributed by atoms with Crippen LogP contribution in [-0.4, -0.2) is 24.2 Å². The third-order valence-corrected chi connectivity index (χ3v) is 4.37. The minimum atomic E-state index is 0.704. The lowest BCUT2D eigenvalue weighted by atomic mass is 10.0. The van der Waals surface area contributed by atoms with Crippen LogP contribution in [0.3, 0.4) is 0 Å². The van der Waals surface area contributed by atoms with Crippen LogP contribution in [0.15, 0.2) is 54.6 Å². The summed E-state index contributed by atoms with van der Waals surface area (Å²) in [7, 11) is 3.29. The van der Waals surface area contributed by atoms with Gasteiger partial charge in [-0.25, -0.2) is 4.98 Å². The van der Waals surface area contributed by atoms with Gasteiger partial charge in [0.1, 0.15) is 17.3 Å². The van der Waals surface area contributed by atoms with Crippen molar-refractivity contribution in [2.75, 3.05) is 14.2 Å². The maximum atomic E-state index is 9.06. The summed E-state index contributed by atoms with van der Waals surface area (Å²) in [6.07, 6.45) is 2.25. The molecule has 5 nitrogen and oxygen atoms in total. The highest BCUT2D eigenvalue weighted by molar-refractivity contribution is 5.81. The number of benzene rings is 2. The Kier molecular flexibility index (Phi) is 5.58. The highest BCUT2D eigenvalue weighted by Crippen LogP contribution is 2.33. The predicted molar refractivity (Wildman–Crippen MR) is 106 cm³/mol. The molecular weight excluding hydrogens is 338 g/mol. The zero-order valence-corrected chi connectivity index (χ0v) is 15.6. The number of aromatic amines is 1. The van der Waals surface area contributed by atoms with Gasteiger partial charge in [-0.3, -0.25) is 0 Å². The average molecular weight is 359 g/mol. The van der Waals surface area contributed by atoms with Crippen LogP contribution in [0.2, 0.25) is 0 Å². The summed E-state index contributed by atoms with van der Waals surface area (Å²) >= 11 is 0. The summed E-state index contributed by atoms with van der Waals surface area (Å²) in [4.78, 5) is 8.19.